The lowest BCUT2D eigenvalue weighted by molar-refractivity contribution is 0.0900. The summed E-state index contributed by atoms with van der Waals surface area (Å²) in [6.07, 6.45) is 2.07. The molecule has 17 heavy (non-hydrogen) atoms. The minimum absolute atomic E-state index is 0.0497. The molecule has 1 amide bonds. The van der Waals surface area contributed by atoms with Gasteiger partial charge in [-0.2, -0.15) is 0 Å². The highest BCUT2D eigenvalue weighted by atomic mass is 79.9. The summed E-state index contributed by atoms with van der Waals surface area (Å²) in [6.45, 7) is 3.26. The zero-order valence-corrected chi connectivity index (χ0v) is 12.5. The molecule has 2 atom stereocenters. The first-order valence-electron chi connectivity index (χ1n) is 5.82. The van der Waals surface area contributed by atoms with Crippen LogP contribution >= 0.6 is 27.3 Å². The van der Waals surface area contributed by atoms with Gasteiger partial charge in [0.2, 0.25) is 0 Å². The fourth-order valence-corrected chi connectivity index (χ4v) is 3.58. The van der Waals surface area contributed by atoms with Crippen LogP contribution in [0.1, 0.15) is 29.4 Å². The third kappa shape index (κ3) is 3.09. The van der Waals surface area contributed by atoms with E-state index in [2.05, 4.69) is 40.1 Å². The third-order valence-corrected chi connectivity index (χ3v) is 5.20. The van der Waals surface area contributed by atoms with Crippen LogP contribution in [0.3, 0.4) is 0 Å². The summed E-state index contributed by atoms with van der Waals surface area (Å²) in [4.78, 5) is 15.2. The van der Waals surface area contributed by atoms with Crippen molar-refractivity contribution >= 4 is 33.2 Å². The maximum absolute atomic E-state index is 12.0. The average molecular weight is 317 g/mol. The molecule has 1 N–H and O–H groups in total. The van der Waals surface area contributed by atoms with Gasteiger partial charge in [-0.05, 0) is 54.2 Å². The van der Waals surface area contributed by atoms with Crippen molar-refractivity contribution in [3.05, 3.63) is 20.8 Å². The molecule has 0 radical (unpaired) electrons. The van der Waals surface area contributed by atoms with Crippen LogP contribution in [0.2, 0.25) is 0 Å². The van der Waals surface area contributed by atoms with Gasteiger partial charge in [-0.3, -0.25) is 4.79 Å². The second-order valence-corrected chi connectivity index (χ2v) is 6.39. The monoisotopic (exact) mass is 316 g/mol. The number of likely N-dealkylation sites (tertiary alicyclic amines) is 1. The molecule has 1 aromatic heterocycles. The molecule has 5 heteroatoms. The molecule has 2 unspecified atom stereocenters. The summed E-state index contributed by atoms with van der Waals surface area (Å²) in [7, 11) is 2.14. The fraction of sp³-hybridized carbons (Fsp3) is 0.583. The van der Waals surface area contributed by atoms with E-state index < -0.39 is 0 Å². The molecule has 1 aliphatic heterocycles. The molecule has 1 aromatic rings. The predicted molar refractivity (Wildman–Crippen MR) is 74.6 cm³/mol. The maximum Gasteiger partial charge on any atom is 0.262 e. The van der Waals surface area contributed by atoms with Crippen molar-refractivity contribution < 1.29 is 4.79 Å². The average Bonchev–Trinajstić information content (AvgIpc) is 2.70. The lowest BCUT2D eigenvalue weighted by Gasteiger charge is -2.35. The summed E-state index contributed by atoms with van der Waals surface area (Å²) in [5.74, 6) is 0.0497. The van der Waals surface area contributed by atoms with E-state index in [4.69, 9.17) is 0 Å². The zero-order chi connectivity index (χ0) is 12.4. The second-order valence-electron chi connectivity index (χ2n) is 4.62. The predicted octanol–water partition coefficient (Wildman–Crippen LogP) is 2.72. The SMILES string of the molecule is CC1CC(NC(=O)c2sccc2Br)CCN1C. The van der Waals surface area contributed by atoms with E-state index >= 15 is 0 Å². The maximum atomic E-state index is 12.0. The highest BCUT2D eigenvalue weighted by molar-refractivity contribution is 9.10. The Morgan fingerprint density at radius 1 is 1.65 bits per heavy atom. The van der Waals surface area contributed by atoms with Gasteiger partial charge in [-0.15, -0.1) is 11.3 Å². The van der Waals surface area contributed by atoms with Crippen molar-refractivity contribution in [2.45, 2.75) is 31.8 Å². The Bertz CT molecular complexity index is 407. The number of amides is 1. The minimum atomic E-state index is 0.0497. The normalized spacial score (nSPS) is 25.8. The summed E-state index contributed by atoms with van der Waals surface area (Å²) in [6, 6.07) is 2.76. The first-order valence-corrected chi connectivity index (χ1v) is 7.49. The van der Waals surface area contributed by atoms with Crippen LogP contribution in [-0.2, 0) is 0 Å². The van der Waals surface area contributed by atoms with Gasteiger partial charge in [0.05, 0.1) is 0 Å². The highest BCUT2D eigenvalue weighted by Gasteiger charge is 2.24. The molecule has 0 aliphatic carbocycles. The molecule has 3 nitrogen and oxygen atoms in total. The fourth-order valence-electron chi connectivity index (χ4n) is 2.13. The Hall–Kier alpha value is -0.390. The van der Waals surface area contributed by atoms with Crippen molar-refractivity contribution in [1.82, 2.24) is 10.2 Å². The van der Waals surface area contributed by atoms with Gasteiger partial charge in [-0.25, -0.2) is 0 Å². The van der Waals surface area contributed by atoms with Crippen LogP contribution in [0.5, 0.6) is 0 Å². The number of nitrogens with zero attached hydrogens (tertiary/aromatic N) is 1. The van der Waals surface area contributed by atoms with Gasteiger partial charge in [0.25, 0.3) is 5.91 Å². The standard InChI is InChI=1S/C12H17BrN2OS/c1-8-7-9(3-5-15(8)2)14-12(16)11-10(13)4-6-17-11/h4,6,8-9H,3,5,7H2,1-2H3,(H,14,16). The molecule has 1 aliphatic rings. The molecule has 0 saturated carbocycles. The van der Waals surface area contributed by atoms with Crippen LogP contribution in [0.25, 0.3) is 0 Å². The van der Waals surface area contributed by atoms with Crippen molar-refractivity contribution in [2.75, 3.05) is 13.6 Å². The smallest absolute Gasteiger partial charge is 0.262 e. The van der Waals surface area contributed by atoms with Crippen LogP contribution in [0, 0.1) is 0 Å². The number of carbonyl (C=O) groups excluding carboxylic acids is 1. The van der Waals surface area contributed by atoms with E-state index in [1.807, 2.05) is 11.4 Å². The zero-order valence-electron chi connectivity index (χ0n) is 10.1. The first-order chi connectivity index (χ1) is 8.08. The number of nitrogens with one attached hydrogen (secondary N) is 1. The highest BCUT2D eigenvalue weighted by Crippen LogP contribution is 2.23. The van der Waals surface area contributed by atoms with Crippen LogP contribution in [-0.4, -0.2) is 36.5 Å². The molecule has 2 rings (SSSR count). The number of piperidine rings is 1. The molecule has 1 saturated heterocycles. The molecular formula is C12H17BrN2OS. The van der Waals surface area contributed by atoms with E-state index in [1.54, 1.807) is 0 Å². The van der Waals surface area contributed by atoms with E-state index in [0.29, 0.717) is 12.1 Å². The molecule has 0 spiro atoms. The Balaban J connectivity index is 1.94. The van der Waals surface area contributed by atoms with Crippen molar-refractivity contribution in [3.8, 4) is 0 Å². The largest absolute Gasteiger partial charge is 0.348 e. The van der Waals surface area contributed by atoms with E-state index in [-0.39, 0.29) is 5.91 Å². The van der Waals surface area contributed by atoms with Crippen LogP contribution in [0.4, 0.5) is 0 Å². The number of thiophene rings is 1. The van der Waals surface area contributed by atoms with E-state index in [0.717, 1.165) is 28.7 Å². The summed E-state index contributed by atoms with van der Waals surface area (Å²) in [5, 5.41) is 5.05. The Labute approximate surface area is 114 Å². The topological polar surface area (TPSA) is 32.3 Å². The Morgan fingerprint density at radius 2 is 2.41 bits per heavy atom. The molecule has 1 fully saturated rings. The lowest BCUT2D eigenvalue weighted by Crippen LogP contribution is -2.47. The molecule has 2 heterocycles. The molecule has 94 valence electrons. The van der Waals surface area contributed by atoms with Crippen LogP contribution in [0.15, 0.2) is 15.9 Å². The molecular weight excluding hydrogens is 300 g/mol. The Kier molecular flexibility index (Phi) is 4.22. The number of halogens is 1. The van der Waals surface area contributed by atoms with Crippen molar-refractivity contribution in [2.24, 2.45) is 0 Å². The number of hydrogen-bond donors (Lipinski definition) is 1. The van der Waals surface area contributed by atoms with Gasteiger partial charge in [0, 0.05) is 23.1 Å². The van der Waals surface area contributed by atoms with Gasteiger partial charge in [0.15, 0.2) is 0 Å². The van der Waals surface area contributed by atoms with Crippen LogP contribution < -0.4 is 5.32 Å². The van der Waals surface area contributed by atoms with E-state index in [1.165, 1.54) is 11.3 Å². The number of rotatable bonds is 2. The van der Waals surface area contributed by atoms with Crippen molar-refractivity contribution in [1.29, 1.82) is 0 Å². The second kappa shape index (κ2) is 5.50. The minimum Gasteiger partial charge on any atom is -0.348 e. The van der Waals surface area contributed by atoms with E-state index in [9.17, 15) is 4.79 Å². The summed E-state index contributed by atoms with van der Waals surface area (Å²) < 4.78 is 0.890. The van der Waals surface area contributed by atoms with Gasteiger partial charge >= 0.3 is 0 Å². The number of carbonyl (C=O) groups is 1. The van der Waals surface area contributed by atoms with Gasteiger partial charge in [-0.1, -0.05) is 0 Å². The first kappa shape index (κ1) is 13.1. The quantitative estimate of drug-likeness (QED) is 0.910. The molecule has 0 bridgehead atoms. The van der Waals surface area contributed by atoms with Gasteiger partial charge in [0.1, 0.15) is 4.88 Å². The third-order valence-electron chi connectivity index (χ3n) is 3.37. The summed E-state index contributed by atoms with van der Waals surface area (Å²) >= 11 is 4.87. The summed E-state index contributed by atoms with van der Waals surface area (Å²) in [5.41, 5.74) is 0. The molecule has 0 aromatic carbocycles. The Morgan fingerprint density at radius 3 is 3.00 bits per heavy atom. The van der Waals surface area contributed by atoms with Gasteiger partial charge < -0.3 is 10.2 Å². The number of hydrogen-bond acceptors (Lipinski definition) is 3. The van der Waals surface area contributed by atoms with Crippen molar-refractivity contribution in [3.63, 3.8) is 0 Å². The lowest BCUT2D eigenvalue weighted by atomic mass is 9.99.